The Balaban J connectivity index is 1.33. The Morgan fingerprint density at radius 2 is 1.16 bits per heavy atom. The van der Waals surface area contributed by atoms with Gasteiger partial charge in [-0.05, 0) is 79.9 Å². The van der Waals surface area contributed by atoms with E-state index in [1.54, 1.807) is 33.4 Å². The van der Waals surface area contributed by atoms with Crippen molar-refractivity contribution in [2.75, 3.05) is 9.80 Å². The van der Waals surface area contributed by atoms with Crippen LogP contribution >= 0.6 is 0 Å². The van der Waals surface area contributed by atoms with Gasteiger partial charge in [0.1, 0.15) is 0 Å². The molecule has 4 atom stereocenters. The molecule has 4 unspecified atom stereocenters. The van der Waals surface area contributed by atoms with Gasteiger partial charge in [-0.1, -0.05) is 126 Å². The van der Waals surface area contributed by atoms with Gasteiger partial charge in [0.2, 0.25) is 0 Å². The quantitative estimate of drug-likeness (QED) is 0.165. The molecule has 3 nitrogen and oxygen atoms in total. The highest BCUT2D eigenvalue weighted by molar-refractivity contribution is 6.96. The number of aromatic nitrogens is 1. The lowest BCUT2D eigenvalue weighted by molar-refractivity contribution is 0.190. The lowest BCUT2D eigenvalue weighted by Crippen LogP contribution is -2.64. The molecule has 4 aliphatic heterocycles. The number of anilines is 3. The molecule has 0 saturated heterocycles. The lowest BCUT2D eigenvalue weighted by atomic mass is 9.31. The molecular weight excluding hydrogens is 617 g/mol. The Labute approximate surface area is 303 Å². The van der Waals surface area contributed by atoms with Gasteiger partial charge in [0.05, 0.1) is 22.3 Å². The summed E-state index contributed by atoms with van der Waals surface area (Å²) in [7, 11) is 0. The van der Waals surface area contributed by atoms with Crippen LogP contribution in [0.1, 0.15) is 115 Å². The molecule has 12 rings (SSSR count). The predicted molar refractivity (Wildman–Crippen MR) is 214 cm³/mol. The third-order valence-corrected chi connectivity index (χ3v) is 16.5. The molecule has 4 heteroatoms. The first-order valence-corrected chi connectivity index (χ1v) is 19.9. The number of benzene rings is 4. The number of para-hydroxylation sites is 2. The fourth-order valence-electron chi connectivity index (χ4n) is 13.6. The zero-order chi connectivity index (χ0) is 34.4. The van der Waals surface area contributed by atoms with Gasteiger partial charge in [0.25, 0.3) is 6.71 Å². The summed E-state index contributed by atoms with van der Waals surface area (Å²) in [6, 6.07) is 33.0. The van der Waals surface area contributed by atoms with Crippen molar-refractivity contribution < 1.29 is 0 Å². The lowest BCUT2D eigenvalue weighted by Gasteiger charge is -2.54. The summed E-state index contributed by atoms with van der Waals surface area (Å²) >= 11 is 0. The number of hydrogen-bond donors (Lipinski definition) is 0. The van der Waals surface area contributed by atoms with Crippen molar-refractivity contribution in [3.05, 3.63) is 113 Å². The minimum absolute atomic E-state index is 0.00501. The second kappa shape index (κ2) is 8.88. The van der Waals surface area contributed by atoms with E-state index in [1.165, 1.54) is 96.1 Å². The maximum Gasteiger partial charge on any atom is 0.269 e. The van der Waals surface area contributed by atoms with E-state index in [2.05, 4.69) is 141 Å². The van der Waals surface area contributed by atoms with E-state index in [-0.39, 0.29) is 34.0 Å². The summed E-state index contributed by atoms with van der Waals surface area (Å²) < 4.78 is 2.70. The molecule has 5 aromatic rings. The van der Waals surface area contributed by atoms with Crippen molar-refractivity contribution in [3.63, 3.8) is 0 Å². The third kappa shape index (κ3) is 2.91. The highest BCUT2D eigenvalue weighted by Crippen LogP contribution is 2.70. The molecule has 0 radical (unpaired) electrons. The highest BCUT2D eigenvalue weighted by atomic mass is 15.3. The standard InChI is InChI=1S/C47H48BN3/c1-43(2)32-22-12-10-20-30(32)37-41(43)48-36-39-33(44(3)24-14-16-26-46(44,5)50(37)39)28-34-40(36)51(47(6)27-17-15-25-45(34,47)4)38-31-21-11-13-23-35(31)49(42(38)48)29-18-8-7-9-19-29/h7-13,18-23,28H,14-17,24-27H2,1-6H3. The van der Waals surface area contributed by atoms with Gasteiger partial charge in [-0.25, -0.2) is 0 Å². The van der Waals surface area contributed by atoms with Crippen molar-refractivity contribution in [2.24, 2.45) is 0 Å². The van der Waals surface area contributed by atoms with E-state index < -0.39 is 0 Å². The number of rotatable bonds is 1. The van der Waals surface area contributed by atoms with Crippen LogP contribution in [-0.4, -0.2) is 22.4 Å². The third-order valence-electron chi connectivity index (χ3n) is 16.5. The Morgan fingerprint density at radius 3 is 1.88 bits per heavy atom. The summed E-state index contributed by atoms with van der Waals surface area (Å²) in [5.74, 6) is 0. The van der Waals surface area contributed by atoms with Crippen LogP contribution in [-0.2, 0) is 16.2 Å². The normalized spacial score (nSPS) is 31.4. The van der Waals surface area contributed by atoms with Crippen molar-refractivity contribution in [1.82, 2.24) is 4.57 Å². The zero-order valence-electron chi connectivity index (χ0n) is 31.2. The maximum absolute atomic E-state index is 2.99. The zero-order valence-corrected chi connectivity index (χ0v) is 31.2. The molecule has 2 saturated carbocycles. The van der Waals surface area contributed by atoms with E-state index in [9.17, 15) is 0 Å². The van der Waals surface area contributed by atoms with Gasteiger partial charge in [-0.15, -0.1) is 0 Å². The minimum Gasteiger partial charge on any atom is -0.335 e. The van der Waals surface area contributed by atoms with Gasteiger partial charge in [-0.2, -0.15) is 0 Å². The highest BCUT2D eigenvalue weighted by Gasteiger charge is 2.69. The predicted octanol–water partition coefficient (Wildman–Crippen LogP) is 9.96. The van der Waals surface area contributed by atoms with Crippen molar-refractivity contribution in [1.29, 1.82) is 0 Å². The van der Waals surface area contributed by atoms with E-state index in [0.29, 0.717) is 0 Å². The Kier molecular flexibility index (Phi) is 5.12. The van der Waals surface area contributed by atoms with E-state index >= 15 is 0 Å². The monoisotopic (exact) mass is 665 g/mol. The molecule has 254 valence electrons. The number of fused-ring (bicyclic) bond motifs is 15. The summed E-state index contributed by atoms with van der Waals surface area (Å²) in [6.45, 7) is 15.9. The van der Waals surface area contributed by atoms with Crippen LogP contribution in [0.2, 0.25) is 0 Å². The molecule has 0 spiro atoms. The van der Waals surface area contributed by atoms with Crippen LogP contribution in [0.4, 0.5) is 17.1 Å². The number of hydrogen-bond acceptors (Lipinski definition) is 2. The van der Waals surface area contributed by atoms with Crippen molar-refractivity contribution in [3.8, 4) is 5.69 Å². The molecular formula is C47H48BN3. The van der Waals surface area contributed by atoms with E-state index in [4.69, 9.17) is 0 Å². The SMILES string of the molecule is CC1(C)C2=C(c3ccccc31)N1c3c(cc4c5c3B2c2c(c3ccccc3n2-c2ccccc2)N5C2(C)CCCCC42C)C2(C)CCCCC12C. The van der Waals surface area contributed by atoms with Crippen LogP contribution in [0, 0.1) is 0 Å². The van der Waals surface area contributed by atoms with E-state index in [0.717, 1.165) is 0 Å². The summed E-state index contributed by atoms with van der Waals surface area (Å²) in [5.41, 5.74) is 19.8. The molecule has 1 aromatic heterocycles. The molecule has 2 fully saturated rings. The topological polar surface area (TPSA) is 11.4 Å². The molecule has 51 heavy (non-hydrogen) atoms. The van der Waals surface area contributed by atoms with Crippen molar-refractivity contribution in [2.45, 2.75) is 120 Å². The van der Waals surface area contributed by atoms with Gasteiger partial charge >= 0.3 is 0 Å². The molecule has 0 N–H and O–H groups in total. The molecule has 5 heterocycles. The summed E-state index contributed by atoms with van der Waals surface area (Å²) in [4.78, 5) is 5.96. The van der Waals surface area contributed by atoms with E-state index in [1.807, 2.05) is 0 Å². The molecule has 7 aliphatic rings. The average Bonchev–Trinajstić information content (AvgIpc) is 3.74. The van der Waals surface area contributed by atoms with Gasteiger partial charge in [-0.3, -0.25) is 0 Å². The van der Waals surface area contributed by atoms with Crippen LogP contribution in [0.3, 0.4) is 0 Å². The molecule has 3 aliphatic carbocycles. The van der Waals surface area contributed by atoms with Gasteiger partial charge in [0, 0.05) is 55.5 Å². The molecule has 0 amide bonds. The van der Waals surface area contributed by atoms with Crippen LogP contribution in [0.15, 0.2) is 90.4 Å². The largest absolute Gasteiger partial charge is 0.335 e. The fourth-order valence-corrected chi connectivity index (χ4v) is 13.6. The number of allylic oxidation sites excluding steroid dienone is 1. The van der Waals surface area contributed by atoms with Gasteiger partial charge < -0.3 is 14.4 Å². The van der Waals surface area contributed by atoms with Crippen LogP contribution in [0.25, 0.3) is 22.3 Å². The second-order valence-electron chi connectivity index (χ2n) is 18.7. The fraction of sp³-hybridized carbons (Fsp3) is 0.404. The summed E-state index contributed by atoms with van der Waals surface area (Å²) in [5, 5.41) is 1.40. The Hall–Kier alpha value is -4.18. The van der Waals surface area contributed by atoms with Crippen molar-refractivity contribution >= 4 is 51.4 Å². The summed E-state index contributed by atoms with van der Waals surface area (Å²) in [6.07, 6.45) is 10.2. The first-order chi connectivity index (χ1) is 24.6. The van der Waals surface area contributed by atoms with Crippen LogP contribution < -0.4 is 20.9 Å². The Bertz CT molecular complexity index is 2450. The maximum atomic E-state index is 2.99. The molecule has 0 bridgehead atoms. The Morgan fingerprint density at radius 1 is 0.569 bits per heavy atom. The first-order valence-electron chi connectivity index (χ1n) is 19.9. The average molecular weight is 666 g/mol. The van der Waals surface area contributed by atoms with Crippen LogP contribution in [0.5, 0.6) is 0 Å². The molecule has 4 aromatic carbocycles. The minimum atomic E-state index is -0.127. The van der Waals surface area contributed by atoms with Gasteiger partial charge in [0.15, 0.2) is 0 Å². The number of nitrogens with zero attached hydrogens (tertiary/aromatic N) is 3. The first kappa shape index (κ1) is 29.4. The second-order valence-corrected chi connectivity index (χ2v) is 18.7. The smallest absolute Gasteiger partial charge is 0.269 e.